The molecular weight excluding hydrogens is 391 g/mol. The van der Waals surface area contributed by atoms with E-state index in [0.29, 0.717) is 5.56 Å². The monoisotopic (exact) mass is 404 g/mol. The van der Waals surface area contributed by atoms with E-state index in [1.807, 2.05) is 6.07 Å². The number of hydrogen-bond acceptors (Lipinski definition) is 5. The quantitative estimate of drug-likeness (QED) is 0.343. The molecule has 0 aliphatic carbocycles. The summed E-state index contributed by atoms with van der Waals surface area (Å²) in [6.07, 6.45) is 1.37. The third-order valence-electron chi connectivity index (χ3n) is 3.32. The van der Waals surface area contributed by atoms with Crippen LogP contribution in [0.25, 0.3) is 6.08 Å². The number of hydrogen-bond donors (Lipinski definition) is 1. The first-order valence-electron chi connectivity index (χ1n) is 7.59. The predicted octanol–water partition coefficient (Wildman–Crippen LogP) is 4.47. The molecule has 0 saturated carbocycles. The number of nitrogens with zero attached hydrogens (tertiary/aromatic N) is 1. The van der Waals surface area contributed by atoms with Crippen molar-refractivity contribution >= 4 is 46.8 Å². The van der Waals surface area contributed by atoms with Crippen LogP contribution >= 0.6 is 23.2 Å². The minimum absolute atomic E-state index is 0.159. The van der Waals surface area contributed by atoms with Crippen LogP contribution in [0.4, 0.5) is 5.69 Å². The third-order valence-corrected chi connectivity index (χ3v) is 4.14. The fourth-order valence-electron chi connectivity index (χ4n) is 2.12. The Bertz CT molecular complexity index is 965. The van der Waals surface area contributed by atoms with Gasteiger partial charge in [-0.15, -0.1) is 0 Å². The second-order valence-electron chi connectivity index (χ2n) is 5.23. The van der Waals surface area contributed by atoms with Crippen molar-refractivity contribution in [3.63, 3.8) is 0 Å². The minimum atomic E-state index is -0.648. The van der Waals surface area contributed by atoms with Crippen LogP contribution in [0.3, 0.4) is 0 Å². The standard InChI is InChI=1S/C19H14Cl2N2O4/c1-11(24)27-16-7-6-12(9-17(16)26-2)8-13(10-22)19(25)23-15-5-3-4-14(20)18(15)21/h3-9H,1-2H3,(H,23,25)/b13-8-. The number of benzene rings is 2. The van der Waals surface area contributed by atoms with Crippen LogP contribution in [0, 0.1) is 11.3 Å². The molecule has 0 atom stereocenters. The maximum Gasteiger partial charge on any atom is 0.308 e. The number of esters is 1. The largest absolute Gasteiger partial charge is 0.493 e. The van der Waals surface area contributed by atoms with E-state index in [1.165, 1.54) is 32.2 Å². The molecule has 0 aliphatic heterocycles. The van der Waals surface area contributed by atoms with Crippen molar-refractivity contribution in [3.8, 4) is 17.6 Å². The smallest absolute Gasteiger partial charge is 0.308 e. The number of carbonyl (C=O) groups excluding carboxylic acids is 2. The average Bonchev–Trinajstić information content (AvgIpc) is 2.63. The molecule has 138 valence electrons. The molecule has 2 aromatic carbocycles. The van der Waals surface area contributed by atoms with Crippen LogP contribution < -0.4 is 14.8 Å². The number of rotatable bonds is 5. The molecule has 0 aromatic heterocycles. The van der Waals surface area contributed by atoms with Gasteiger partial charge in [0.2, 0.25) is 0 Å². The van der Waals surface area contributed by atoms with Crippen LogP contribution in [-0.2, 0) is 9.59 Å². The number of ether oxygens (including phenoxy) is 2. The van der Waals surface area contributed by atoms with Gasteiger partial charge in [-0.25, -0.2) is 0 Å². The van der Waals surface area contributed by atoms with Crippen molar-refractivity contribution in [1.29, 1.82) is 5.26 Å². The SMILES string of the molecule is COc1cc(/C=C(/C#N)C(=O)Nc2cccc(Cl)c2Cl)ccc1OC(C)=O. The van der Waals surface area contributed by atoms with Crippen molar-refractivity contribution in [2.75, 3.05) is 12.4 Å². The molecule has 6 nitrogen and oxygen atoms in total. The number of nitrogens with one attached hydrogen (secondary N) is 1. The van der Waals surface area contributed by atoms with Crippen LogP contribution in [0.15, 0.2) is 42.0 Å². The zero-order chi connectivity index (χ0) is 20.0. The van der Waals surface area contributed by atoms with E-state index in [1.54, 1.807) is 24.3 Å². The first kappa shape index (κ1) is 20.3. The van der Waals surface area contributed by atoms with Gasteiger partial charge in [-0.1, -0.05) is 35.3 Å². The zero-order valence-electron chi connectivity index (χ0n) is 14.4. The van der Waals surface area contributed by atoms with Crippen LogP contribution in [0.2, 0.25) is 10.0 Å². The zero-order valence-corrected chi connectivity index (χ0v) is 15.9. The summed E-state index contributed by atoms with van der Waals surface area (Å²) in [5.41, 5.74) is 0.637. The molecule has 1 amide bonds. The highest BCUT2D eigenvalue weighted by molar-refractivity contribution is 6.44. The fraction of sp³-hybridized carbons (Fsp3) is 0.105. The van der Waals surface area contributed by atoms with Gasteiger partial charge < -0.3 is 14.8 Å². The van der Waals surface area contributed by atoms with E-state index in [4.69, 9.17) is 32.7 Å². The van der Waals surface area contributed by atoms with Gasteiger partial charge in [-0.3, -0.25) is 9.59 Å². The number of anilines is 1. The van der Waals surface area contributed by atoms with Gasteiger partial charge >= 0.3 is 5.97 Å². The summed E-state index contributed by atoms with van der Waals surface area (Å²) < 4.78 is 10.2. The molecule has 0 fully saturated rings. The maximum absolute atomic E-state index is 12.4. The summed E-state index contributed by atoms with van der Waals surface area (Å²) in [5, 5.41) is 12.3. The van der Waals surface area contributed by atoms with E-state index in [9.17, 15) is 14.9 Å². The summed E-state index contributed by atoms with van der Waals surface area (Å²) >= 11 is 11.9. The number of carbonyl (C=O) groups is 2. The van der Waals surface area contributed by atoms with E-state index in [0.717, 1.165) is 0 Å². The number of methoxy groups -OCH3 is 1. The summed E-state index contributed by atoms with van der Waals surface area (Å²) in [7, 11) is 1.41. The first-order valence-corrected chi connectivity index (χ1v) is 8.35. The second kappa shape index (κ2) is 9.08. The highest BCUT2D eigenvalue weighted by Gasteiger charge is 2.14. The van der Waals surface area contributed by atoms with E-state index in [-0.39, 0.29) is 32.8 Å². The summed E-state index contributed by atoms with van der Waals surface area (Å²) in [6, 6.07) is 11.2. The van der Waals surface area contributed by atoms with Crippen molar-refractivity contribution in [1.82, 2.24) is 0 Å². The topological polar surface area (TPSA) is 88.4 Å². The molecule has 1 N–H and O–H groups in total. The van der Waals surface area contributed by atoms with Crippen LogP contribution in [0.5, 0.6) is 11.5 Å². The van der Waals surface area contributed by atoms with Crippen molar-refractivity contribution in [2.45, 2.75) is 6.92 Å². The fourth-order valence-corrected chi connectivity index (χ4v) is 2.47. The Hall–Kier alpha value is -3.01. The molecule has 0 spiro atoms. The Morgan fingerprint density at radius 2 is 1.93 bits per heavy atom. The Morgan fingerprint density at radius 3 is 2.56 bits per heavy atom. The average molecular weight is 405 g/mol. The van der Waals surface area contributed by atoms with Crippen LogP contribution in [-0.4, -0.2) is 19.0 Å². The van der Waals surface area contributed by atoms with Gasteiger partial charge in [-0.05, 0) is 35.9 Å². The van der Waals surface area contributed by atoms with Crippen molar-refractivity contribution in [3.05, 3.63) is 57.6 Å². The molecule has 0 unspecified atom stereocenters. The normalized spacial score (nSPS) is 10.7. The highest BCUT2D eigenvalue weighted by atomic mass is 35.5. The summed E-state index contributed by atoms with van der Waals surface area (Å²) in [6.45, 7) is 1.27. The highest BCUT2D eigenvalue weighted by Crippen LogP contribution is 2.31. The predicted molar refractivity (Wildman–Crippen MR) is 103 cm³/mol. The molecule has 0 saturated heterocycles. The Morgan fingerprint density at radius 1 is 1.19 bits per heavy atom. The van der Waals surface area contributed by atoms with Crippen LogP contribution in [0.1, 0.15) is 12.5 Å². The number of nitriles is 1. The lowest BCUT2D eigenvalue weighted by atomic mass is 10.1. The van der Waals surface area contributed by atoms with Crippen molar-refractivity contribution in [2.24, 2.45) is 0 Å². The molecule has 2 aromatic rings. The lowest BCUT2D eigenvalue weighted by Crippen LogP contribution is -2.13. The van der Waals surface area contributed by atoms with Gasteiger partial charge in [0, 0.05) is 6.92 Å². The molecule has 2 rings (SSSR count). The molecular formula is C19H14Cl2N2O4. The third kappa shape index (κ3) is 5.23. The molecule has 8 heteroatoms. The molecule has 0 bridgehead atoms. The Balaban J connectivity index is 2.29. The van der Waals surface area contributed by atoms with E-state index < -0.39 is 11.9 Å². The maximum atomic E-state index is 12.4. The van der Waals surface area contributed by atoms with Gasteiger partial charge in [-0.2, -0.15) is 5.26 Å². The molecule has 0 aliphatic rings. The molecule has 0 heterocycles. The first-order chi connectivity index (χ1) is 12.8. The molecule has 27 heavy (non-hydrogen) atoms. The summed E-state index contributed by atoms with van der Waals surface area (Å²) in [5.74, 6) is -0.623. The van der Waals surface area contributed by atoms with E-state index >= 15 is 0 Å². The van der Waals surface area contributed by atoms with Gasteiger partial charge in [0.1, 0.15) is 11.6 Å². The van der Waals surface area contributed by atoms with Gasteiger partial charge in [0.15, 0.2) is 11.5 Å². The summed E-state index contributed by atoms with van der Waals surface area (Å²) in [4.78, 5) is 23.5. The second-order valence-corrected chi connectivity index (χ2v) is 6.01. The Kier molecular flexibility index (Phi) is 6.83. The Labute approximate surface area is 165 Å². The van der Waals surface area contributed by atoms with Gasteiger partial charge in [0.05, 0.1) is 22.8 Å². The number of halogens is 2. The van der Waals surface area contributed by atoms with Crippen molar-refractivity contribution < 1.29 is 19.1 Å². The van der Waals surface area contributed by atoms with Gasteiger partial charge in [0.25, 0.3) is 5.91 Å². The lowest BCUT2D eigenvalue weighted by molar-refractivity contribution is -0.132. The minimum Gasteiger partial charge on any atom is -0.493 e. The lowest BCUT2D eigenvalue weighted by Gasteiger charge is -2.09. The molecule has 0 radical (unpaired) electrons. The number of amides is 1. The van der Waals surface area contributed by atoms with E-state index in [2.05, 4.69) is 5.32 Å².